The van der Waals surface area contributed by atoms with Gasteiger partial charge in [0.05, 0.1) is 23.1 Å². The van der Waals surface area contributed by atoms with E-state index in [1.165, 1.54) is 18.3 Å². The summed E-state index contributed by atoms with van der Waals surface area (Å²) in [5.74, 6) is -0.376. The molecule has 152 valence electrons. The van der Waals surface area contributed by atoms with Crippen LogP contribution in [0.1, 0.15) is 18.9 Å². The molecule has 4 rings (SSSR count). The number of carbonyl (C=O) groups is 1. The van der Waals surface area contributed by atoms with Crippen LogP contribution in [0.3, 0.4) is 0 Å². The number of H-pyrrole nitrogens is 1. The van der Waals surface area contributed by atoms with E-state index in [9.17, 15) is 18.0 Å². The van der Waals surface area contributed by atoms with Gasteiger partial charge in [-0.3, -0.25) is 14.9 Å². The third-order valence-electron chi connectivity index (χ3n) is 4.77. The second-order valence-electron chi connectivity index (χ2n) is 6.75. The maximum Gasteiger partial charge on any atom is 0.417 e. The Balaban J connectivity index is 1.91. The van der Waals surface area contributed by atoms with E-state index in [-0.39, 0.29) is 29.3 Å². The van der Waals surface area contributed by atoms with Gasteiger partial charge in [0.1, 0.15) is 0 Å². The van der Waals surface area contributed by atoms with E-state index < -0.39 is 11.7 Å². The maximum absolute atomic E-state index is 13.7. The standard InChI is InChI=1S/C22H17F3N4O/c1-2-20(30)29-18-5-3-4-17(22(23,24)25)21(18)19-9-15-8-13(16-11-27-28-12-16)6-7-14(15)10-26-19/h3-12H,2H2,1H3,(H,27,28)(H,29,30). The third-order valence-corrected chi connectivity index (χ3v) is 4.77. The number of carbonyl (C=O) groups excluding carboxylic acids is 1. The molecular formula is C22H17F3N4O. The van der Waals surface area contributed by atoms with E-state index >= 15 is 0 Å². The molecule has 0 atom stereocenters. The Kier molecular flexibility index (Phi) is 4.99. The molecule has 0 bridgehead atoms. The summed E-state index contributed by atoms with van der Waals surface area (Å²) in [5.41, 5.74) is 0.941. The fourth-order valence-electron chi connectivity index (χ4n) is 3.27. The summed E-state index contributed by atoms with van der Waals surface area (Å²) in [5, 5.41) is 10.7. The Hall–Kier alpha value is -3.68. The van der Waals surface area contributed by atoms with Crippen LogP contribution in [0.2, 0.25) is 0 Å². The van der Waals surface area contributed by atoms with Crippen LogP contribution in [0.25, 0.3) is 33.2 Å². The van der Waals surface area contributed by atoms with E-state index in [1.54, 1.807) is 25.4 Å². The number of rotatable bonds is 4. The van der Waals surface area contributed by atoms with Crippen molar-refractivity contribution < 1.29 is 18.0 Å². The average Bonchev–Trinajstić information content (AvgIpc) is 3.27. The highest BCUT2D eigenvalue weighted by atomic mass is 19.4. The largest absolute Gasteiger partial charge is 0.417 e. The summed E-state index contributed by atoms with van der Waals surface area (Å²) in [6.45, 7) is 1.63. The van der Waals surface area contributed by atoms with Crippen molar-refractivity contribution in [3.05, 3.63) is 66.6 Å². The van der Waals surface area contributed by atoms with Crippen molar-refractivity contribution in [2.75, 3.05) is 5.32 Å². The van der Waals surface area contributed by atoms with Crippen molar-refractivity contribution in [2.45, 2.75) is 19.5 Å². The molecule has 2 aromatic carbocycles. The van der Waals surface area contributed by atoms with Gasteiger partial charge in [0, 0.05) is 35.3 Å². The first-order valence-electron chi connectivity index (χ1n) is 9.26. The molecule has 2 aromatic heterocycles. The number of nitrogens with zero attached hydrogens (tertiary/aromatic N) is 2. The first kappa shape index (κ1) is 19.6. The SMILES string of the molecule is CCC(=O)Nc1cccc(C(F)(F)F)c1-c1cc2cc(-c3cn[nH]c3)ccc2cn1. The Bertz CT molecular complexity index is 1220. The van der Waals surface area contributed by atoms with Crippen LogP contribution >= 0.6 is 0 Å². The number of alkyl halides is 3. The molecule has 0 aliphatic rings. The molecular weight excluding hydrogens is 393 g/mol. The summed E-state index contributed by atoms with van der Waals surface area (Å²) in [6, 6.07) is 10.9. The summed E-state index contributed by atoms with van der Waals surface area (Å²) in [6.07, 6.45) is 0.482. The smallest absolute Gasteiger partial charge is 0.325 e. The van der Waals surface area contributed by atoms with E-state index in [4.69, 9.17) is 0 Å². The van der Waals surface area contributed by atoms with E-state index in [0.29, 0.717) is 0 Å². The van der Waals surface area contributed by atoms with Gasteiger partial charge in [0.15, 0.2) is 0 Å². The van der Waals surface area contributed by atoms with Crippen LogP contribution in [0, 0.1) is 0 Å². The number of hydrogen-bond donors (Lipinski definition) is 2. The normalized spacial score (nSPS) is 11.6. The van der Waals surface area contributed by atoms with Gasteiger partial charge in [-0.15, -0.1) is 0 Å². The minimum absolute atomic E-state index is 0.0783. The fraction of sp³-hybridized carbons (Fsp3) is 0.136. The topological polar surface area (TPSA) is 70.7 Å². The number of pyridine rings is 1. The number of nitrogens with one attached hydrogen (secondary N) is 2. The maximum atomic E-state index is 13.7. The number of aromatic nitrogens is 3. The number of anilines is 1. The van der Waals surface area contributed by atoms with Crippen LogP contribution in [0.15, 0.2) is 61.1 Å². The molecule has 2 heterocycles. The molecule has 0 saturated heterocycles. The molecule has 0 fully saturated rings. The van der Waals surface area contributed by atoms with Gasteiger partial charge in [0.2, 0.25) is 5.91 Å². The summed E-state index contributed by atoms with van der Waals surface area (Å²) >= 11 is 0. The Labute approximate surface area is 170 Å². The number of amides is 1. The Morgan fingerprint density at radius 3 is 2.60 bits per heavy atom. The molecule has 2 N–H and O–H groups in total. The number of benzene rings is 2. The zero-order valence-electron chi connectivity index (χ0n) is 15.9. The lowest BCUT2D eigenvalue weighted by molar-refractivity contribution is -0.137. The van der Waals surface area contributed by atoms with Crippen LogP contribution in [0.4, 0.5) is 18.9 Å². The molecule has 0 saturated carbocycles. The predicted octanol–water partition coefficient (Wildman–Crippen LogP) is 5.66. The first-order valence-corrected chi connectivity index (χ1v) is 9.26. The first-order chi connectivity index (χ1) is 14.4. The molecule has 0 spiro atoms. The quantitative estimate of drug-likeness (QED) is 0.456. The predicted molar refractivity (Wildman–Crippen MR) is 109 cm³/mol. The van der Waals surface area contributed by atoms with Crippen LogP contribution < -0.4 is 5.32 Å². The highest BCUT2D eigenvalue weighted by molar-refractivity contribution is 5.97. The van der Waals surface area contributed by atoms with Gasteiger partial charge in [-0.05, 0) is 35.2 Å². The minimum atomic E-state index is -4.60. The van der Waals surface area contributed by atoms with Gasteiger partial charge < -0.3 is 5.32 Å². The number of aromatic amines is 1. The van der Waals surface area contributed by atoms with Crippen molar-refractivity contribution in [3.63, 3.8) is 0 Å². The summed E-state index contributed by atoms with van der Waals surface area (Å²) < 4.78 is 41.2. The highest BCUT2D eigenvalue weighted by Gasteiger charge is 2.35. The van der Waals surface area contributed by atoms with Gasteiger partial charge in [-0.1, -0.05) is 25.1 Å². The Morgan fingerprint density at radius 2 is 1.90 bits per heavy atom. The monoisotopic (exact) mass is 410 g/mol. The van der Waals surface area contributed by atoms with Gasteiger partial charge in [-0.25, -0.2) is 0 Å². The van der Waals surface area contributed by atoms with Crippen LogP contribution in [-0.2, 0) is 11.0 Å². The van der Waals surface area contributed by atoms with E-state index in [0.717, 1.165) is 28.0 Å². The van der Waals surface area contributed by atoms with Crippen molar-refractivity contribution in [3.8, 4) is 22.4 Å². The minimum Gasteiger partial charge on any atom is -0.325 e. The molecule has 8 heteroatoms. The molecule has 0 radical (unpaired) electrons. The third kappa shape index (κ3) is 3.76. The van der Waals surface area contributed by atoms with Gasteiger partial charge in [0.25, 0.3) is 0 Å². The molecule has 30 heavy (non-hydrogen) atoms. The fourth-order valence-corrected chi connectivity index (χ4v) is 3.27. The number of hydrogen-bond acceptors (Lipinski definition) is 3. The van der Waals surface area contributed by atoms with Crippen LogP contribution in [-0.4, -0.2) is 21.1 Å². The molecule has 0 aliphatic carbocycles. The van der Waals surface area contributed by atoms with E-state index in [2.05, 4.69) is 20.5 Å². The highest BCUT2D eigenvalue weighted by Crippen LogP contribution is 2.41. The van der Waals surface area contributed by atoms with Crippen molar-refractivity contribution in [2.24, 2.45) is 0 Å². The zero-order valence-corrected chi connectivity index (χ0v) is 15.9. The molecule has 0 aliphatic heterocycles. The second kappa shape index (κ2) is 7.62. The second-order valence-corrected chi connectivity index (χ2v) is 6.75. The van der Waals surface area contributed by atoms with Gasteiger partial charge in [-0.2, -0.15) is 18.3 Å². The van der Waals surface area contributed by atoms with Crippen LogP contribution in [0.5, 0.6) is 0 Å². The van der Waals surface area contributed by atoms with Gasteiger partial charge >= 0.3 is 6.18 Å². The lowest BCUT2D eigenvalue weighted by Gasteiger charge is -2.17. The number of fused-ring (bicyclic) bond motifs is 1. The van der Waals surface area contributed by atoms with Crippen molar-refractivity contribution >= 4 is 22.4 Å². The number of halogens is 3. The average molecular weight is 410 g/mol. The molecule has 1 amide bonds. The molecule has 0 unspecified atom stereocenters. The lowest BCUT2D eigenvalue weighted by atomic mass is 9.98. The molecule has 5 nitrogen and oxygen atoms in total. The zero-order chi connectivity index (χ0) is 21.3. The van der Waals surface area contributed by atoms with E-state index in [1.807, 2.05) is 18.2 Å². The Morgan fingerprint density at radius 1 is 1.07 bits per heavy atom. The summed E-state index contributed by atoms with van der Waals surface area (Å²) in [7, 11) is 0. The molecule has 4 aromatic rings. The lowest BCUT2D eigenvalue weighted by Crippen LogP contribution is -2.14. The van der Waals surface area contributed by atoms with Crippen molar-refractivity contribution in [1.29, 1.82) is 0 Å². The van der Waals surface area contributed by atoms with Crippen molar-refractivity contribution in [1.82, 2.24) is 15.2 Å². The summed E-state index contributed by atoms with van der Waals surface area (Å²) in [4.78, 5) is 16.2.